The summed E-state index contributed by atoms with van der Waals surface area (Å²) in [6.45, 7) is 2.59. The third-order valence-corrected chi connectivity index (χ3v) is 2.22. The van der Waals surface area contributed by atoms with E-state index in [0.29, 0.717) is 0 Å². The Balaban J connectivity index is 2.62. The molecule has 1 aromatic heterocycles. The summed E-state index contributed by atoms with van der Waals surface area (Å²) in [6, 6.07) is 0. The van der Waals surface area contributed by atoms with Crippen LogP contribution in [-0.2, 0) is 13.5 Å². The fourth-order valence-electron chi connectivity index (χ4n) is 1.67. The smallest absolute Gasteiger partial charge is 0.255 e. The van der Waals surface area contributed by atoms with Gasteiger partial charge in [-0.05, 0) is 6.92 Å². The lowest BCUT2D eigenvalue weighted by Gasteiger charge is -2.12. The number of hydrogen-bond acceptors (Lipinski definition) is 2. The molecule has 2 heterocycles. The second kappa shape index (κ2) is 2.33. The van der Waals surface area contributed by atoms with Crippen LogP contribution in [0.2, 0.25) is 0 Å². The highest BCUT2D eigenvalue weighted by Gasteiger charge is 2.23. The van der Waals surface area contributed by atoms with Gasteiger partial charge in [0.05, 0.1) is 17.0 Å². The van der Waals surface area contributed by atoms with Crippen molar-refractivity contribution in [2.24, 2.45) is 7.05 Å². The van der Waals surface area contributed by atoms with Crippen LogP contribution in [-0.4, -0.2) is 22.2 Å². The van der Waals surface area contributed by atoms with Gasteiger partial charge in [0.1, 0.15) is 0 Å². The van der Waals surface area contributed by atoms with Gasteiger partial charge in [0.2, 0.25) is 0 Å². The van der Waals surface area contributed by atoms with Crippen LogP contribution in [0.25, 0.3) is 0 Å². The minimum absolute atomic E-state index is 0.0156. The second-order valence-corrected chi connectivity index (χ2v) is 3.04. The Labute approximate surface area is 70.6 Å². The fourth-order valence-corrected chi connectivity index (χ4v) is 1.67. The van der Waals surface area contributed by atoms with Crippen molar-refractivity contribution in [3.63, 3.8) is 0 Å². The zero-order valence-corrected chi connectivity index (χ0v) is 7.22. The first-order chi connectivity index (χ1) is 5.70. The molecule has 0 radical (unpaired) electrons. The maximum Gasteiger partial charge on any atom is 0.255 e. The summed E-state index contributed by atoms with van der Waals surface area (Å²) in [5, 5.41) is 7.00. The molecule has 1 amide bonds. The molecule has 1 aliphatic heterocycles. The van der Waals surface area contributed by atoms with Crippen molar-refractivity contribution in [2.75, 3.05) is 6.54 Å². The lowest BCUT2D eigenvalue weighted by Crippen LogP contribution is -2.32. The van der Waals surface area contributed by atoms with Crippen LogP contribution in [0, 0.1) is 6.92 Å². The van der Waals surface area contributed by atoms with Crippen LogP contribution in [0.15, 0.2) is 0 Å². The molecule has 12 heavy (non-hydrogen) atoms. The Morgan fingerprint density at radius 3 is 3.00 bits per heavy atom. The van der Waals surface area contributed by atoms with Crippen molar-refractivity contribution in [3.8, 4) is 0 Å². The third-order valence-electron chi connectivity index (χ3n) is 2.22. The number of aromatic nitrogens is 2. The molecule has 0 atom stereocenters. The monoisotopic (exact) mass is 165 g/mol. The number of aryl methyl sites for hydroxylation is 2. The Hall–Kier alpha value is -1.32. The first-order valence-corrected chi connectivity index (χ1v) is 4.01. The highest BCUT2D eigenvalue weighted by atomic mass is 16.1. The van der Waals surface area contributed by atoms with Gasteiger partial charge in [0.25, 0.3) is 5.91 Å². The summed E-state index contributed by atoms with van der Waals surface area (Å²) >= 11 is 0. The quantitative estimate of drug-likeness (QED) is 0.589. The van der Waals surface area contributed by atoms with E-state index in [-0.39, 0.29) is 5.91 Å². The first kappa shape index (κ1) is 7.34. The third kappa shape index (κ3) is 0.841. The van der Waals surface area contributed by atoms with E-state index in [1.165, 1.54) is 0 Å². The summed E-state index contributed by atoms with van der Waals surface area (Å²) in [5.74, 6) is 0.0156. The molecule has 0 aliphatic carbocycles. The van der Waals surface area contributed by atoms with E-state index in [0.717, 1.165) is 29.9 Å². The molecule has 0 saturated carbocycles. The Kier molecular flexibility index (Phi) is 1.43. The molecule has 0 saturated heterocycles. The molecule has 0 unspecified atom stereocenters. The van der Waals surface area contributed by atoms with E-state index >= 15 is 0 Å². The summed E-state index contributed by atoms with van der Waals surface area (Å²) < 4.78 is 1.80. The van der Waals surface area contributed by atoms with Crippen molar-refractivity contribution in [1.82, 2.24) is 15.1 Å². The van der Waals surface area contributed by atoms with Gasteiger partial charge in [-0.15, -0.1) is 0 Å². The number of fused-ring (bicyclic) bond motifs is 1. The lowest BCUT2D eigenvalue weighted by molar-refractivity contribution is 0.0945. The normalized spacial score (nSPS) is 15.7. The van der Waals surface area contributed by atoms with Gasteiger partial charge in [-0.1, -0.05) is 0 Å². The maximum atomic E-state index is 11.4. The van der Waals surface area contributed by atoms with E-state index < -0.39 is 0 Å². The highest BCUT2D eigenvalue weighted by molar-refractivity contribution is 5.97. The Morgan fingerprint density at radius 2 is 2.33 bits per heavy atom. The molecule has 1 aromatic rings. The van der Waals surface area contributed by atoms with E-state index in [1.807, 2.05) is 14.0 Å². The number of carbonyl (C=O) groups is 1. The van der Waals surface area contributed by atoms with Crippen molar-refractivity contribution < 1.29 is 4.79 Å². The topological polar surface area (TPSA) is 46.9 Å². The molecule has 0 fully saturated rings. The van der Waals surface area contributed by atoms with Gasteiger partial charge in [-0.3, -0.25) is 9.48 Å². The molecule has 1 aliphatic rings. The molecule has 0 spiro atoms. The molecule has 1 N–H and O–H groups in total. The Morgan fingerprint density at radius 1 is 1.58 bits per heavy atom. The Bertz CT molecular complexity index is 340. The van der Waals surface area contributed by atoms with Gasteiger partial charge in [-0.2, -0.15) is 5.10 Å². The van der Waals surface area contributed by atoms with Gasteiger partial charge in [0.15, 0.2) is 0 Å². The van der Waals surface area contributed by atoms with Crippen molar-refractivity contribution >= 4 is 5.91 Å². The number of carbonyl (C=O) groups excluding carboxylic acids is 1. The minimum Gasteiger partial charge on any atom is -0.352 e. The molecule has 0 aromatic carbocycles. The standard InChI is InChI=1S/C8H11N3O/c1-5-7-6(11(2)10-5)3-4-9-8(7)12/h3-4H2,1-2H3,(H,9,12). The fraction of sp³-hybridized carbons (Fsp3) is 0.500. The van der Waals surface area contributed by atoms with Crippen molar-refractivity contribution in [3.05, 3.63) is 17.0 Å². The average molecular weight is 165 g/mol. The maximum absolute atomic E-state index is 11.4. The highest BCUT2D eigenvalue weighted by Crippen LogP contribution is 2.16. The van der Waals surface area contributed by atoms with Gasteiger partial charge in [0, 0.05) is 20.0 Å². The summed E-state index contributed by atoms with van der Waals surface area (Å²) in [6.07, 6.45) is 0.887. The summed E-state index contributed by atoms with van der Waals surface area (Å²) in [4.78, 5) is 11.4. The number of rotatable bonds is 0. The van der Waals surface area contributed by atoms with Gasteiger partial charge < -0.3 is 5.32 Å². The molecule has 64 valence electrons. The second-order valence-electron chi connectivity index (χ2n) is 3.04. The van der Waals surface area contributed by atoms with E-state index in [2.05, 4.69) is 10.4 Å². The van der Waals surface area contributed by atoms with Crippen molar-refractivity contribution in [1.29, 1.82) is 0 Å². The molecule has 4 heteroatoms. The summed E-state index contributed by atoms with van der Waals surface area (Å²) in [7, 11) is 1.88. The average Bonchev–Trinajstić information content (AvgIpc) is 2.29. The zero-order chi connectivity index (χ0) is 8.72. The predicted molar refractivity (Wildman–Crippen MR) is 44.0 cm³/mol. The van der Waals surface area contributed by atoms with E-state index in [9.17, 15) is 4.79 Å². The van der Waals surface area contributed by atoms with Crippen LogP contribution < -0.4 is 5.32 Å². The van der Waals surface area contributed by atoms with Crippen LogP contribution in [0.4, 0.5) is 0 Å². The minimum atomic E-state index is 0.0156. The molecular formula is C8H11N3O. The van der Waals surface area contributed by atoms with Crippen LogP contribution in [0.1, 0.15) is 21.7 Å². The van der Waals surface area contributed by atoms with E-state index in [4.69, 9.17) is 0 Å². The zero-order valence-electron chi connectivity index (χ0n) is 7.22. The number of amides is 1. The van der Waals surface area contributed by atoms with Gasteiger partial charge >= 0.3 is 0 Å². The molecular weight excluding hydrogens is 154 g/mol. The van der Waals surface area contributed by atoms with Crippen LogP contribution in [0.5, 0.6) is 0 Å². The number of nitrogens with one attached hydrogen (secondary N) is 1. The molecule has 2 rings (SSSR count). The predicted octanol–water partition coefficient (Wildman–Crippen LogP) is 0.0144. The van der Waals surface area contributed by atoms with Crippen molar-refractivity contribution in [2.45, 2.75) is 13.3 Å². The molecule has 4 nitrogen and oxygen atoms in total. The lowest BCUT2D eigenvalue weighted by atomic mass is 10.1. The van der Waals surface area contributed by atoms with Crippen LogP contribution in [0.3, 0.4) is 0 Å². The SMILES string of the molecule is Cc1nn(C)c2c1C(=O)NCC2. The van der Waals surface area contributed by atoms with Gasteiger partial charge in [-0.25, -0.2) is 0 Å². The van der Waals surface area contributed by atoms with E-state index in [1.54, 1.807) is 4.68 Å². The first-order valence-electron chi connectivity index (χ1n) is 4.01. The van der Waals surface area contributed by atoms with Crippen LogP contribution >= 0.6 is 0 Å². The number of hydrogen-bond donors (Lipinski definition) is 1. The number of nitrogens with zero attached hydrogens (tertiary/aromatic N) is 2. The molecule has 0 bridgehead atoms. The summed E-state index contributed by atoms with van der Waals surface area (Å²) in [5.41, 5.74) is 2.64. The largest absolute Gasteiger partial charge is 0.352 e.